The molecule has 0 fully saturated rings. The third-order valence-electron chi connectivity index (χ3n) is 3.92. The van der Waals surface area contributed by atoms with Crippen molar-refractivity contribution in [2.45, 2.75) is 31.7 Å². The number of thioether (sulfide) groups is 1. The van der Waals surface area contributed by atoms with E-state index < -0.39 is 5.97 Å². The normalized spacial score (nSPS) is 10.8. The van der Waals surface area contributed by atoms with Crippen molar-refractivity contribution in [1.29, 1.82) is 0 Å². The maximum absolute atomic E-state index is 12.5. The Kier molecular flexibility index (Phi) is 7.54. The molecule has 31 heavy (non-hydrogen) atoms. The quantitative estimate of drug-likeness (QED) is 0.281. The van der Waals surface area contributed by atoms with E-state index in [0.717, 1.165) is 0 Å². The summed E-state index contributed by atoms with van der Waals surface area (Å²) in [4.78, 5) is 24.6. The number of hydrogen-bond donors (Lipinski definition) is 1. The number of benzene rings is 1. The van der Waals surface area contributed by atoms with Gasteiger partial charge in [-0.15, -0.1) is 16.8 Å². The lowest BCUT2D eigenvalue weighted by atomic mass is 10.2. The zero-order chi connectivity index (χ0) is 22.4. The Labute approximate surface area is 188 Å². The van der Waals surface area contributed by atoms with Crippen molar-refractivity contribution in [2.24, 2.45) is 0 Å². The van der Waals surface area contributed by atoms with E-state index in [-0.39, 0.29) is 17.8 Å². The molecule has 0 aliphatic rings. The van der Waals surface area contributed by atoms with Crippen LogP contribution in [0.1, 0.15) is 24.2 Å². The molecule has 10 heteroatoms. The van der Waals surface area contributed by atoms with Crippen molar-refractivity contribution in [3.63, 3.8) is 0 Å². The molecular weight excluding hydrogens is 440 g/mol. The van der Waals surface area contributed by atoms with Crippen LogP contribution in [0.5, 0.6) is 0 Å². The second-order valence-corrected chi connectivity index (χ2v) is 8.02. The van der Waals surface area contributed by atoms with Crippen molar-refractivity contribution in [1.82, 2.24) is 14.8 Å². The summed E-state index contributed by atoms with van der Waals surface area (Å²) in [6.07, 6.45) is 3.01. The van der Waals surface area contributed by atoms with Gasteiger partial charge in [-0.3, -0.25) is 9.36 Å². The first kappa shape index (κ1) is 22.6. The number of furan rings is 1. The molecule has 0 unspecified atom stereocenters. The molecule has 2 heterocycles. The SMILES string of the molecule is C=CCn1c(SCC(=O)Nc2cc(C(=O)OC(C)C)ccc2Cl)nnc1-c1ccco1. The fourth-order valence-corrected chi connectivity index (χ4v) is 3.54. The molecule has 3 aromatic rings. The van der Waals surface area contributed by atoms with Gasteiger partial charge in [-0.2, -0.15) is 0 Å². The molecule has 0 aliphatic heterocycles. The fourth-order valence-electron chi connectivity index (χ4n) is 2.62. The van der Waals surface area contributed by atoms with E-state index in [0.29, 0.717) is 39.6 Å². The number of halogens is 1. The Bertz CT molecular complexity index is 1080. The van der Waals surface area contributed by atoms with Gasteiger partial charge in [0.2, 0.25) is 11.7 Å². The van der Waals surface area contributed by atoms with Crippen LogP contribution in [-0.2, 0) is 16.1 Å². The molecule has 0 atom stereocenters. The van der Waals surface area contributed by atoms with Crippen LogP contribution in [0.2, 0.25) is 5.02 Å². The summed E-state index contributed by atoms with van der Waals surface area (Å²) in [5.74, 6) is 0.382. The predicted octanol–water partition coefficient (Wildman–Crippen LogP) is 4.67. The third-order valence-corrected chi connectivity index (χ3v) is 5.22. The second-order valence-electron chi connectivity index (χ2n) is 6.67. The molecule has 0 radical (unpaired) electrons. The van der Waals surface area contributed by atoms with Gasteiger partial charge in [-0.1, -0.05) is 29.4 Å². The topological polar surface area (TPSA) is 99.2 Å². The van der Waals surface area contributed by atoms with Gasteiger partial charge in [0.05, 0.1) is 34.4 Å². The number of nitrogens with zero attached hydrogens (tertiary/aromatic N) is 3. The van der Waals surface area contributed by atoms with Gasteiger partial charge in [0.15, 0.2) is 10.9 Å². The van der Waals surface area contributed by atoms with Crippen LogP contribution < -0.4 is 5.32 Å². The van der Waals surface area contributed by atoms with Gasteiger partial charge in [-0.25, -0.2) is 4.79 Å². The summed E-state index contributed by atoms with van der Waals surface area (Å²) in [5, 5.41) is 11.9. The van der Waals surface area contributed by atoms with Gasteiger partial charge in [0, 0.05) is 6.54 Å². The Morgan fingerprint density at radius 1 is 1.35 bits per heavy atom. The summed E-state index contributed by atoms with van der Waals surface area (Å²) >= 11 is 7.38. The van der Waals surface area contributed by atoms with E-state index in [4.69, 9.17) is 20.8 Å². The first-order chi connectivity index (χ1) is 14.9. The van der Waals surface area contributed by atoms with Crippen molar-refractivity contribution in [2.75, 3.05) is 11.1 Å². The zero-order valence-corrected chi connectivity index (χ0v) is 18.6. The molecule has 1 N–H and O–H groups in total. The van der Waals surface area contributed by atoms with E-state index in [1.165, 1.54) is 23.9 Å². The molecule has 3 rings (SSSR count). The van der Waals surface area contributed by atoms with Gasteiger partial charge < -0.3 is 14.5 Å². The second kappa shape index (κ2) is 10.3. The van der Waals surface area contributed by atoms with Gasteiger partial charge in [0.1, 0.15) is 0 Å². The number of allylic oxidation sites excluding steroid dienone is 1. The van der Waals surface area contributed by atoms with E-state index >= 15 is 0 Å². The number of esters is 1. The van der Waals surface area contributed by atoms with E-state index in [9.17, 15) is 9.59 Å². The average molecular weight is 461 g/mol. The minimum absolute atomic E-state index is 0.0599. The van der Waals surface area contributed by atoms with Crippen LogP contribution in [0, 0.1) is 0 Å². The Morgan fingerprint density at radius 2 is 2.16 bits per heavy atom. The summed E-state index contributed by atoms with van der Waals surface area (Å²) in [5.41, 5.74) is 0.629. The molecule has 0 saturated carbocycles. The van der Waals surface area contributed by atoms with Crippen LogP contribution >= 0.6 is 23.4 Å². The smallest absolute Gasteiger partial charge is 0.338 e. The minimum Gasteiger partial charge on any atom is -0.461 e. The molecule has 0 spiro atoms. The Morgan fingerprint density at radius 3 is 2.84 bits per heavy atom. The average Bonchev–Trinajstić information content (AvgIpc) is 3.38. The maximum Gasteiger partial charge on any atom is 0.338 e. The third kappa shape index (κ3) is 5.77. The fraction of sp³-hybridized carbons (Fsp3) is 0.238. The molecule has 1 amide bonds. The highest BCUT2D eigenvalue weighted by molar-refractivity contribution is 7.99. The number of hydrogen-bond acceptors (Lipinski definition) is 7. The summed E-state index contributed by atoms with van der Waals surface area (Å²) < 4.78 is 12.4. The van der Waals surface area contributed by atoms with Crippen molar-refractivity contribution in [3.05, 3.63) is 59.8 Å². The molecule has 0 aliphatic carbocycles. The summed E-state index contributed by atoms with van der Waals surface area (Å²) in [6.45, 7) is 7.73. The number of carbonyl (C=O) groups excluding carboxylic acids is 2. The van der Waals surface area contributed by atoms with Crippen LogP contribution in [0.25, 0.3) is 11.6 Å². The Hall–Kier alpha value is -3.04. The van der Waals surface area contributed by atoms with E-state index in [1.807, 2.05) is 0 Å². The lowest BCUT2D eigenvalue weighted by Gasteiger charge is -2.11. The highest BCUT2D eigenvalue weighted by Crippen LogP contribution is 2.26. The first-order valence-electron chi connectivity index (χ1n) is 9.40. The largest absolute Gasteiger partial charge is 0.461 e. The van der Waals surface area contributed by atoms with E-state index in [1.54, 1.807) is 49.0 Å². The standard InChI is InChI=1S/C21H21ClN4O4S/c1-4-9-26-19(17-6-5-10-29-17)24-25-21(26)31-12-18(27)23-16-11-14(7-8-15(16)22)20(28)30-13(2)3/h4-8,10-11,13H,1,9,12H2,2-3H3,(H,23,27). The van der Waals surface area contributed by atoms with Crippen molar-refractivity contribution >= 4 is 40.9 Å². The Balaban J connectivity index is 1.68. The molecule has 2 aromatic heterocycles. The van der Waals surface area contributed by atoms with Crippen LogP contribution in [0.4, 0.5) is 5.69 Å². The molecular formula is C21H21ClN4O4S. The van der Waals surface area contributed by atoms with Crippen LogP contribution in [0.3, 0.4) is 0 Å². The number of carbonyl (C=O) groups is 2. The summed E-state index contributed by atoms with van der Waals surface area (Å²) in [7, 11) is 0. The van der Waals surface area contributed by atoms with Crippen molar-refractivity contribution in [3.8, 4) is 11.6 Å². The number of aromatic nitrogens is 3. The lowest BCUT2D eigenvalue weighted by Crippen LogP contribution is -2.16. The number of amides is 1. The highest BCUT2D eigenvalue weighted by Gasteiger charge is 2.18. The monoisotopic (exact) mass is 460 g/mol. The highest BCUT2D eigenvalue weighted by atomic mass is 35.5. The minimum atomic E-state index is -0.487. The number of anilines is 1. The maximum atomic E-state index is 12.5. The van der Waals surface area contributed by atoms with Crippen LogP contribution in [0.15, 0.2) is 58.8 Å². The molecule has 162 valence electrons. The van der Waals surface area contributed by atoms with Crippen molar-refractivity contribution < 1.29 is 18.7 Å². The number of rotatable bonds is 9. The van der Waals surface area contributed by atoms with E-state index in [2.05, 4.69) is 22.1 Å². The lowest BCUT2D eigenvalue weighted by molar-refractivity contribution is -0.113. The molecule has 1 aromatic carbocycles. The van der Waals surface area contributed by atoms with Gasteiger partial charge >= 0.3 is 5.97 Å². The number of ether oxygens (including phenoxy) is 1. The van der Waals surface area contributed by atoms with Crippen LogP contribution in [-0.4, -0.2) is 38.5 Å². The first-order valence-corrected chi connectivity index (χ1v) is 10.8. The molecule has 0 saturated heterocycles. The number of nitrogens with one attached hydrogen (secondary N) is 1. The molecule has 8 nitrogen and oxygen atoms in total. The predicted molar refractivity (Wildman–Crippen MR) is 119 cm³/mol. The zero-order valence-electron chi connectivity index (χ0n) is 17.0. The molecule has 0 bridgehead atoms. The van der Waals surface area contributed by atoms with Gasteiger partial charge in [-0.05, 0) is 44.2 Å². The summed E-state index contributed by atoms with van der Waals surface area (Å²) in [6, 6.07) is 8.12. The van der Waals surface area contributed by atoms with Gasteiger partial charge in [0.25, 0.3) is 0 Å².